The van der Waals surface area contributed by atoms with Crippen LogP contribution < -0.4 is 0 Å². The van der Waals surface area contributed by atoms with E-state index in [-0.39, 0.29) is 22.1 Å². The Kier molecular flexibility index (Phi) is 4.17. The number of nitro groups is 1. The zero-order valence-corrected chi connectivity index (χ0v) is 10.4. The zero-order valence-electron chi connectivity index (χ0n) is 8.77. The van der Waals surface area contributed by atoms with Crippen molar-refractivity contribution in [2.24, 2.45) is 0 Å². The molecule has 0 radical (unpaired) electrons. The Balaban J connectivity index is 3.26. The molecule has 1 aromatic rings. The summed E-state index contributed by atoms with van der Waals surface area (Å²) in [6.07, 6.45) is -0.0518. The molecule has 88 valence electrons. The molecule has 0 N–H and O–H groups in total. The zero-order chi connectivity index (χ0) is 13.0. The average Bonchev–Trinajstić information content (AvgIpc) is 2.30. The maximum absolute atomic E-state index is 11.1. The smallest absolute Gasteiger partial charge is 0.310 e. The monoisotopic (exact) mass is 298 g/mol. The van der Waals surface area contributed by atoms with E-state index in [0.29, 0.717) is 5.56 Å². The van der Waals surface area contributed by atoms with Crippen LogP contribution in [0.3, 0.4) is 0 Å². The molecule has 0 aliphatic heterocycles. The lowest BCUT2D eigenvalue weighted by molar-refractivity contribution is -0.385. The van der Waals surface area contributed by atoms with Crippen molar-refractivity contribution in [3.63, 3.8) is 0 Å². The summed E-state index contributed by atoms with van der Waals surface area (Å²) in [5.41, 5.74) is 0.0726. The molecule has 0 aliphatic carbocycles. The van der Waals surface area contributed by atoms with Crippen molar-refractivity contribution in [2.75, 3.05) is 7.11 Å². The number of nitro benzene ring substituents is 1. The minimum absolute atomic E-state index is 0.0518. The van der Waals surface area contributed by atoms with Crippen molar-refractivity contribution in [2.45, 2.75) is 6.42 Å². The molecule has 1 aromatic carbocycles. The van der Waals surface area contributed by atoms with E-state index in [1.165, 1.54) is 19.2 Å². The van der Waals surface area contributed by atoms with Crippen molar-refractivity contribution in [3.05, 3.63) is 37.8 Å². The molecule has 1 rings (SSSR count). The van der Waals surface area contributed by atoms with Crippen molar-refractivity contribution < 1.29 is 14.5 Å². The van der Waals surface area contributed by atoms with E-state index < -0.39 is 10.9 Å². The molecule has 7 heteroatoms. The van der Waals surface area contributed by atoms with Crippen LogP contribution in [0.4, 0.5) is 5.69 Å². The van der Waals surface area contributed by atoms with E-state index >= 15 is 0 Å². The molecular weight excluding hydrogens is 292 g/mol. The SMILES string of the molecule is COC(=O)Cc1ccc([N+](=O)[O-])c(C#N)c1Br. The van der Waals surface area contributed by atoms with Crippen LogP contribution in [0, 0.1) is 21.4 Å². The lowest BCUT2D eigenvalue weighted by atomic mass is 10.1. The summed E-state index contributed by atoms with van der Waals surface area (Å²) in [7, 11) is 1.24. The first-order chi connectivity index (χ1) is 8.01. The second kappa shape index (κ2) is 5.41. The quantitative estimate of drug-likeness (QED) is 0.483. The fourth-order valence-corrected chi connectivity index (χ4v) is 1.80. The highest BCUT2D eigenvalue weighted by Gasteiger charge is 2.20. The van der Waals surface area contributed by atoms with Crippen molar-refractivity contribution in [3.8, 4) is 6.07 Å². The summed E-state index contributed by atoms with van der Waals surface area (Å²) in [5, 5.41) is 19.5. The van der Waals surface area contributed by atoms with Gasteiger partial charge in [-0.15, -0.1) is 0 Å². The molecule has 6 nitrogen and oxygen atoms in total. The number of ether oxygens (including phenoxy) is 1. The second-order valence-electron chi connectivity index (χ2n) is 3.05. The van der Waals surface area contributed by atoms with Gasteiger partial charge in [0.15, 0.2) is 0 Å². The number of nitrogens with zero attached hydrogens (tertiary/aromatic N) is 2. The lowest BCUT2D eigenvalue weighted by Gasteiger charge is -2.05. The van der Waals surface area contributed by atoms with Gasteiger partial charge in [0.1, 0.15) is 11.6 Å². The highest BCUT2D eigenvalue weighted by molar-refractivity contribution is 9.10. The van der Waals surface area contributed by atoms with Crippen LogP contribution in [0.5, 0.6) is 0 Å². The molecule has 0 unspecified atom stereocenters. The van der Waals surface area contributed by atoms with Gasteiger partial charge < -0.3 is 4.74 Å². The van der Waals surface area contributed by atoms with Crippen LogP contribution >= 0.6 is 15.9 Å². The topological polar surface area (TPSA) is 93.2 Å². The van der Waals surface area contributed by atoms with Gasteiger partial charge in [-0.1, -0.05) is 6.07 Å². The Morgan fingerprint density at radius 2 is 2.29 bits per heavy atom. The fraction of sp³-hybridized carbons (Fsp3) is 0.200. The number of nitriles is 1. The number of carbonyl (C=O) groups is 1. The molecule has 0 fully saturated rings. The van der Waals surface area contributed by atoms with E-state index in [1.807, 2.05) is 0 Å². The maximum Gasteiger partial charge on any atom is 0.310 e. The van der Waals surface area contributed by atoms with Crippen molar-refractivity contribution in [1.29, 1.82) is 5.26 Å². The van der Waals surface area contributed by atoms with Gasteiger partial charge in [-0.3, -0.25) is 14.9 Å². The van der Waals surface area contributed by atoms with Gasteiger partial charge in [-0.2, -0.15) is 5.26 Å². The van der Waals surface area contributed by atoms with Crippen molar-refractivity contribution in [1.82, 2.24) is 0 Å². The normalized spacial score (nSPS) is 9.47. The minimum Gasteiger partial charge on any atom is -0.469 e. The summed E-state index contributed by atoms with van der Waals surface area (Å²) in [5.74, 6) is -0.483. The third kappa shape index (κ3) is 2.79. The number of benzene rings is 1. The first-order valence-electron chi connectivity index (χ1n) is 4.44. The Hall–Kier alpha value is -1.94. The summed E-state index contributed by atoms with van der Waals surface area (Å²) in [6, 6.07) is 4.35. The fourth-order valence-electron chi connectivity index (χ4n) is 1.23. The first kappa shape index (κ1) is 13.1. The molecule has 17 heavy (non-hydrogen) atoms. The Morgan fingerprint density at radius 3 is 2.76 bits per heavy atom. The molecule has 0 saturated heterocycles. The highest BCUT2D eigenvalue weighted by atomic mass is 79.9. The molecule has 0 aromatic heterocycles. The van der Waals surface area contributed by atoms with Crippen LogP contribution in [0.1, 0.15) is 11.1 Å². The number of methoxy groups -OCH3 is 1. The largest absolute Gasteiger partial charge is 0.469 e. The van der Waals surface area contributed by atoms with E-state index in [4.69, 9.17) is 5.26 Å². The Morgan fingerprint density at radius 1 is 1.65 bits per heavy atom. The lowest BCUT2D eigenvalue weighted by Crippen LogP contribution is -2.06. The van der Waals surface area contributed by atoms with Crippen LogP contribution in [0.25, 0.3) is 0 Å². The summed E-state index contributed by atoms with van der Waals surface area (Å²) in [4.78, 5) is 21.1. The molecule has 0 aliphatic rings. The van der Waals surface area contributed by atoms with E-state index in [1.54, 1.807) is 6.07 Å². The van der Waals surface area contributed by atoms with Gasteiger partial charge in [0.25, 0.3) is 5.69 Å². The summed E-state index contributed by atoms with van der Waals surface area (Å²) in [6.45, 7) is 0. The molecule has 0 heterocycles. The summed E-state index contributed by atoms with van der Waals surface area (Å²) >= 11 is 3.08. The van der Waals surface area contributed by atoms with Gasteiger partial charge >= 0.3 is 5.97 Å². The number of halogens is 1. The predicted octanol–water partition coefficient (Wildman–Crippen LogP) is 1.94. The highest BCUT2D eigenvalue weighted by Crippen LogP contribution is 2.29. The van der Waals surface area contributed by atoms with Crippen LogP contribution in [-0.2, 0) is 16.0 Å². The Labute approximate surface area is 105 Å². The standard InChI is InChI=1S/C10H7BrN2O4/c1-17-9(14)4-6-2-3-8(13(15)16)7(5-12)10(6)11/h2-3H,4H2,1H3. The third-order valence-corrected chi connectivity index (χ3v) is 2.98. The number of hydrogen-bond acceptors (Lipinski definition) is 5. The van der Waals surface area contributed by atoms with Crippen LogP contribution in [0.15, 0.2) is 16.6 Å². The minimum atomic E-state index is -0.648. The first-order valence-corrected chi connectivity index (χ1v) is 5.23. The molecule has 0 saturated carbocycles. The van der Waals surface area contributed by atoms with E-state index in [9.17, 15) is 14.9 Å². The average molecular weight is 299 g/mol. The molecule has 0 amide bonds. The molecule has 0 bridgehead atoms. The Bertz CT molecular complexity index is 522. The second-order valence-corrected chi connectivity index (χ2v) is 3.85. The maximum atomic E-state index is 11.1. The molecule has 0 atom stereocenters. The van der Waals surface area contributed by atoms with Gasteiger partial charge in [0.05, 0.1) is 18.5 Å². The number of rotatable bonds is 3. The molecular formula is C10H7BrN2O4. The van der Waals surface area contributed by atoms with Crippen LogP contribution in [-0.4, -0.2) is 18.0 Å². The van der Waals surface area contributed by atoms with Gasteiger partial charge in [-0.05, 0) is 21.5 Å². The number of carbonyl (C=O) groups excluding carboxylic acids is 1. The third-order valence-electron chi connectivity index (χ3n) is 2.07. The van der Waals surface area contributed by atoms with E-state index in [0.717, 1.165) is 0 Å². The van der Waals surface area contributed by atoms with Crippen molar-refractivity contribution >= 4 is 27.6 Å². The summed E-state index contributed by atoms with van der Waals surface area (Å²) < 4.78 is 4.73. The predicted molar refractivity (Wildman–Crippen MR) is 61.2 cm³/mol. The van der Waals surface area contributed by atoms with Gasteiger partial charge in [0, 0.05) is 10.5 Å². The number of hydrogen-bond donors (Lipinski definition) is 0. The van der Waals surface area contributed by atoms with Crippen LogP contribution in [0.2, 0.25) is 0 Å². The molecule has 0 spiro atoms. The van der Waals surface area contributed by atoms with Gasteiger partial charge in [-0.25, -0.2) is 0 Å². The van der Waals surface area contributed by atoms with E-state index in [2.05, 4.69) is 20.7 Å². The number of esters is 1. The van der Waals surface area contributed by atoms with Gasteiger partial charge in [0.2, 0.25) is 0 Å².